The van der Waals surface area contributed by atoms with Crippen LogP contribution in [0, 0.1) is 0 Å². The molecule has 0 aromatic carbocycles. The largest absolute Gasteiger partial charge is 0.500 e. The van der Waals surface area contributed by atoms with Gasteiger partial charge >= 0.3 is 7.12 Å². The molecule has 0 unspecified atom stereocenters. The van der Waals surface area contributed by atoms with Gasteiger partial charge in [-0.3, -0.25) is 4.79 Å². The molecule has 2 fully saturated rings. The molecule has 3 heterocycles. The highest BCUT2D eigenvalue weighted by atomic mass is 16.7. The van der Waals surface area contributed by atoms with Crippen LogP contribution in [-0.4, -0.2) is 67.4 Å². The molecule has 1 aromatic rings. The molecule has 0 saturated carbocycles. The van der Waals surface area contributed by atoms with Gasteiger partial charge in [0.15, 0.2) is 0 Å². The van der Waals surface area contributed by atoms with Crippen LogP contribution in [0.5, 0.6) is 5.88 Å². The minimum absolute atomic E-state index is 0.117. The Bertz CT molecular complexity index is 671. The fraction of sp³-hybridized carbons (Fsp3) is 0.667. The number of hydrogen-bond donors (Lipinski definition) is 0. The fourth-order valence-corrected chi connectivity index (χ4v) is 3.18. The molecular weight excluding hydrogens is 333 g/mol. The first-order chi connectivity index (χ1) is 12.1. The van der Waals surface area contributed by atoms with E-state index in [0.717, 1.165) is 24.4 Å². The summed E-state index contributed by atoms with van der Waals surface area (Å²) in [5.74, 6) is 1.46. The van der Waals surface area contributed by atoms with E-state index in [1.165, 1.54) is 0 Å². The molecule has 2 aliphatic rings. The van der Waals surface area contributed by atoms with Crippen LogP contribution in [-0.2, 0) is 14.1 Å². The summed E-state index contributed by atoms with van der Waals surface area (Å²) in [4.78, 5) is 20.2. The van der Waals surface area contributed by atoms with Crippen molar-refractivity contribution in [2.24, 2.45) is 0 Å². The number of methoxy groups -OCH3 is 1. The van der Waals surface area contributed by atoms with E-state index >= 15 is 0 Å². The van der Waals surface area contributed by atoms with E-state index < -0.39 is 18.3 Å². The molecule has 0 bridgehead atoms. The normalized spacial score (nSPS) is 21.8. The van der Waals surface area contributed by atoms with Gasteiger partial charge in [-0.05, 0) is 33.8 Å². The summed E-state index contributed by atoms with van der Waals surface area (Å²) >= 11 is 0. The van der Waals surface area contributed by atoms with E-state index in [1.807, 2.05) is 44.7 Å². The minimum atomic E-state index is -0.508. The van der Waals surface area contributed by atoms with Crippen molar-refractivity contribution < 1.29 is 18.8 Å². The van der Waals surface area contributed by atoms with E-state index in [-0.39, 0.29) is 5.91 Å². The van der Waals surface area contributed by atoms with Crippen LogP contribution in [0.2, 0.25) is 0 Å². The van der Waals surface area contributed by atoms with Gasteiger partial charge in [-0.25, -0.2) is 0 Å². The van der Waals surface area contributed by atoms with Gasteiger partial charge < -0.3 is 23.8 Å². The van der Waals surface area contributed by atoms with Crippen LogP contribution in [0.1, 0.15) is 34.6 Å². The lowest BCUT2D eigenvalue weighted by Crippen LogP contribution is -2.48. The molecule has 142 valence electrons. The lowest BCUT2D eigenvalue weighted by molar-refractivity contribution is -0.129. The second-order valence-corrected chi connectivity index (χ2v) is 7.85. The third-order valence-electron chi connectivity index (χ3n) is 5.62. The first kappa shape index (κ1) is 19.0. The molecule has 7 nitrogen and oxygen atoms in total. The number of amides is 1. The number of piperazine rings is 1. The first-order valence-corrected chi connectivity index (χ1v) is 9.05. The highest BCUT2D eigenvalue weighted by molar-refractivity contribution is 6.63. The summed E-state index contributed by atoms with van der Waals surface area (Å²) in [5, 5.41) is 0. The van der Waals surface area contributed by atoms with E-state index in [9.17, 15) is 4.79 Å². The van der Waals surface area contributed by atoms with Crippen molar-refractivity contribution in [2.45, 2.75) is 45.8 Å². The molecule has 3 rings (SSSR count). The third-order valence-corrected chi connectivity index (χ3v) is 5.62. The zero-order chi connectivity index (χ0) is 19.1. The average Bonchev–Trinajstić information content (AvgIpc) is 2.82. The van der Waals surface area contributed by atoms with Crippen LogP contribution in [0.4, 0.5) is 5.82 Å². The average molecular weight is 361 g/mol. The summed E-state index contributed by atoms with van der Waals surface area (Å²) in [6.45, 7) is 12.6. The van der Waals surface area contributed by atoms with Gasteiger partial charge in [-0.1, -0.05) is 6.07 Å². The smallest absolute Gasteiger partial charge is 0.481 e. The van der Waals surface area contributed by atoms with Crippen molar-refractivity contribution in [3.05, 3.63) is 12.1 Å². The topological polar surface area (TPSA) is 64.1 Å². The Morgan fingerprint density at radius 2 is 1.69 bits per heavy atom. The Kier molecular flexibility index (Phi) is 4.92. The number of pyridine rings is 1. The molecule has 0 aliphatic carbocycles. The standard InChI is InChI=1S/C18H28BN3O4/c1-13(23)21-9-11-22(12-10-21)15-8-7-14(16(20-15)24-6)19-25-17(2,3)18(4,5)26-19/h7-8H,9-12H2,1-6H3. The lowest BCUT2D eigenvalue weighted by Gasteiger charge is -2.35. The SMILES string of the molecule is COc1nc(N2CCN(C(C)=O)CC2)ccc1B1OC(C)(C)C(C)(C)O1. The van der Waals surface area contributed by atoms with Crippen molar-refractivity contribution >= 4 is 24.3 Å². The van der Waals surface area contributed by atoms with Crippen molar-refractivity contribution in [3.63, 3.8) is 0 Å². The quantitative estimate of drug-likeness (QED) is 0.751. The van der Waals surface area contributed by atoms with E-state index in [0.29, 0.717) is 19.0 Å². The Morgan fingerprint density at radius 1 is 1.12 bits per heavy atom. The van der Waals surface area contributed by atoms with Crippen molar-refractivity contribution in [1.82, 2.24) is 9.88 Å². The van der Waals surface area contributed by atoms with Crippen molar-refractivity contribution in [3.8, 4) is 5.88 Å². The monoisotopic (exact) mass is 361 g/mol. The van der Waals surface area contributed by atoms with Gasteiger partial charge in [-0.15, -0.1) is 0 Å². The summed E-state index contributed by atoms with van der Waals surface area (Å²) in [7, 11) is 1.10. The Hall–Kier alpha value is -1.80. The highest BCUT2D eigenvalue weighted by Gasteiger charge is 2.52. The van der Waals surface area contributed by atoms with Gasteiger partial charge in [0.2, 0.25) is 11.8 Å². The number of rotatable bonds is 3. The highest BCUT2D eigenvalue weighted by Crippen LogP contribution is 2.37. The maximum atomic E-state index is 11.5. The molecule has 0 radical (unpaired) electrons. The van der Waals surface area contributed by atoms with Crippen LogP contribution in [0.3, 0.4) is 0 Å². The second-order valence-electron chi connectivity index (χ2n) is 7.85. The van der Waals surface area contributed by atoms with E-state index in [2.05, 4.69) is 9.88 Å². The van der Waals surface area contributed by atoms with Gasteiger partial charge in [0, 0.05) is 38.6 Å². The number of anilines is 1. The first-order valence-electron chi connectivity index (χ1n) is 9.05. The van der Waals surface area contributed by atoms with Gasteiger partial charge in [0.25, 0.3) is 0 Å². The molecule has 1 amide bonds. The maximum Gasteiger partial charge on any atom is 0.500 e. The molecule has 1 aromatic heterocycles. The summed E-state index contributed by atoms with van der Waals surface area (Å²) in [5.41, 5.74) is -0.0355. The molecule has 0 atom stereocenters. The molecule has 0 N–H and O–H groups in total. The minimum Gasteiger partial charge on any atom is -0.481 e. The van der Waals surface area contributed by atoms with Crippen molar-refractivity contribution in [1.29, 1.82) is 0 Å². The Morgan fingerprint density at radius 3 is 2.19 bits per heavy atom. The number of hydrogen-bond acceptors (Lipinski definition) is 6. The molecule has 2 saturated heterocycles. The number of carbonyl (C=O) groups is 1. The molecule has 8 heteroatoms. The van der Waals surface area contributed by atoms with Crippen LogP contribution < -0.4 is 15.1 Å². The number of aromatic nitrogens is 1. The fourth-order valence-electron chi connectivity index (χ4n) is 3.18. The summed E-state index contributed by atoms with van der Waals surface area (Å²) in [6.07, 6.45) is 0. The van der Waals surface area contributed by atoms with Crippen LogP contribution >= 0.6 is 0 Å². The molecular formula is C18H28BN3O4. The zero-order valence-electron chi connectivity index (χ0n) is 16.5. The Balaban J connectivity index is 1.78. The second kappa shape index (κ2) is 6.74. The van der Waals surface area contributed by atoms with Crippen LogP contribution in [0.25, 0.3) is 0 Å². The zero-order valence-corrected chi connectivity index (χ0v) is 16.5. The van der Waals surface area contributed by atoms with Gasteiger partial charge in [0.05, 0.1) is 18.3 Å². The van der Waals surface area contributed by atoms with Crippen molar-refractivity contribution in [2.75, 3.05) is 38.2 Å². The molecule has 26 heavy (non-hydrogen) atoms. The van der Waals surface area contributed by atoms with Gasteiger partial charge in [-0.2, -0.15) is 4.98 Å². The predicted molar refractivity (Wildman–Crippen MR) is 101 cm³/mol. The third kappa shape index (κ3) is 3.40. The van der Waals surface area contributed by atoms with E-state index in [4.69, 9.17) is 14.0 Å². The number of ether oxygens (including phenoxy) is 1. The van der Waals surface area contributed by atoms with Gasteiger partial charge in [0.1, 0.15) is 5.82 Å². The Labute approximate surface area is 155 Å². The lowest BCUT2D eigenvalue weighted by atomic mass is 9.79. The maximum absolute atomic E-state index is 11.5. The van der Waals surface area contributed by atoms with Crippen LogP contribution in [0.15, 0.2) is 12.1 Å². The molecule has 2 aliphatic heterocycles. The number of nitrogens with zero attached hydrogens (tertiary/aromatic N) is 3. The summed E-state index contributed by atoms with van der Waals surface area (Å²) < 4.78 is 17.8. The molecule has 0 spiro atoms. The van der Waals surface area contributed by atoms with E-state index in [1.54, 1.807) is 14.0 Å². The number of carbonyl (C=O) groups excluding carboxylic acids is 1. The predicted octanol–water partition coefficient (Wildman–Crippen LogP) is 1.06. The summed E-state index contributed by atoms with van der Waals surface area (Å²) in [6, 6.07) is 3.92.